The molecule has 0 radical (unpaired) electrons. The topological polar surface area (TPSA) is 55.7 Å². The largest absolute Gasteiger partial charge is 0.396 e. The third-order valence-electron chi connectivity index (χ3n) is 4.41. The lowest BCUT2D eigenvalue weighted by Crippen LogP contribution is -2.48. The molecule has 0 spiro atoms. The van der Waals surface area contributed by atoms with Gasteiger partial charge < -0.3 is 15.5 Å². The quantitative estimate of drug-likeness (QED) is 0.644. The van der Waals surface area contributed by atoms with Crippen LogP contribution in [0.3, 0.4) is 0 Å². The molecule has 2 atom stereocenters. The Morgan fingerprint density at radius 2 is 1.94 bits per heavy atom. The van der Waals surface area contributed by atoms with E-state index in [1.165, 1.54) is 38.8 Å². The monoisotopic (exact) mass is 242 g/mol. The number of fused-ring (bicyclic) bond motifs is 1. The Hall–Kier alpha value is -0.160. The van der Waals surface area contributed by atoms with Crippen molar-refractivity contribution in [3.8, 4) is 0 Å². The maximum absolute atomic E-state index is 9.28. The van der Waals surface area contributed by atoms with E-state index < -0.39 is 0 Å². The number of hydrogen-bond acceptors (Lipinski definition) is 4. The molecule has 0 aliphatic carbocycles. The van der Waals surface area contributed by atoms with E-state index in [4.69, 9.17) is 0 Å². The molecule has 3 N–H and O–H groups in total. The molecule has 2 heterocycles. The van der Waals surface area contributed by atoms with Crippen molar-refractivity contribution in [1.82, 2.24) is 10.2 Å². The van der Waals surface area contributed by atoms with Crippen molar-refractivity contribution >= 4 is 0 Å². The van der Waals surface area contributed by atoms with Crippen LogP contribution in [0.25, 0.3) is 0 Å². The van der Waals surface area contributed by atoms with Crippen LogP contribution in [0.2, 0.25) is 0 Å². The first-order chi connectivity index (χ1) is 8.18. The van der Waals surface area contributed by atoms with Gasteiger partial charge in [0.25, 0.3) is 0 Å². The van der Waals surface area contributed by atoms with E-state index in [2.05, 4.69) is 10.2 Å². The average molecular weight is 242 g/mol. The number of aliphatic hydroxyl groups is 2. The van der Waals surface area contributed by atoms with Crippen molar-refractivity contribution in [3.05, 3.63) is 0 Å². The molecule has 0 aromatic heterocycles. The molecule has 2 unspecified atom stereocenters. The van der Waals surface area contributed by atoms with Gasteiger partial charge in [0.05, 0.1) is 13.2 Å². The van der Waals surface area contributed by atoms with Crippen LogP contribution in [0.4, 0.5) is 0 Å². The lowest BCUT2D eigenvalue weighted by atomic mass is 9.91. The molecule has 4 heteroatoms. The first kappa shape index (κ1) is 13.3. The minimum Gasteiger partial charge on any atom is -0.396 e. The third kappa shape index (κ3) is 2.99. The lowest BCUT2D eigenvalue weighted by Gasteiger charge is -2.34. The Balaban J connectivity index is 1.83. The van der Waals surface area contributed by atoms with E-state index in [1.807, 2.05) is 6.92 Å². The van der Waals surface area contributed by atoms with Gasteiger partial charge >= 0.3 is 0 Å². The van der Waals surface area contributed by atoms with Crippen LogP contribution in [0, 0.1) is 5.41 Å². The van der Waals surface area contributed by atoms with Crippen LogP contribution in [0.5, 0.6) is 0 Å². The number of nitrogens with one attached hydrogen (secondary N) is 1. The Bertz CT molecular complexity index is 244. The van der Waals surface area contributed by atoms with E-state index in [-0.39, 0.29) is 18.6 Å². The predicted molar refractivity (Wildman–Crippen MR) is 67.9 cm³/mol. The Morgan fingerprint density at radius 3 is 2.65 bits per heavy atom. The molecule has 2 saturated heterocycles. The third-order valence-corrected chi connectivity index (χ3v) is 4.41. The maximum atomic E-state index is 9.28. The molecule has 17 heavy (non-hydrogen) atoms. The Labute approximate surface area is 104 Å². The highest BCUT2D eigenvalue weighted by Gasteiger charge is 2.36. The van der Waals surface area contributed by atoms with E-state index in [0.29, 0.717) is 18.6 Å². The number of hydrogen-bond donors (Lipinski definition) is 3. The highest BCUT2D eigenvalue weighted by molar-refractivity contribution is 4.94. The molecule has 2 rings (SSSR count). The summed E-state index contributed by atoms with van der Waals surface area (Å²) in [5, 5.41) is 22.1. The second kappa shape index (κ2) is 5.65. The van der Waals surface area contributed by atoms with Crippen LogP contribution in [-0.2, 0) is 0 Å². The molecule has 2 aliphatic rings. The van der Waals surface area contributed by atoms with Crippen molar-refractivity contribution in [1.29, 1.82) is 0 Å². The fraction of sp³-hybridized carbons (Fsp3) is 1.00. The summed E-state index contributed by atoms with van der Waals surface area (Å²) in [6, 6.07) is 1.23. The summed E-state index contributed by atoms with van der Waals surface area (Å²) >= 11 is 0. The van der Waals surface area contributed by atoms with Gasteiger partial charge in [-0.2, -0.15) is 0 Å². The molecule has 0 aromatic rings. The highest BCUT2D eigenvalue weighted by atomic mass is 16.3. The standard InChI is InChI=1S/C13H26N2O2/c1-13(9-16,10-17)8-14-11-5-7-15-6-3-2-4-12(11)15/h11-12,14,16-17H,2-10H2,1H3. The van der Waals surface area contributed by atoms with Gasteiger partial charge in [-0.05, 0) is 25.8 Å². The van der Waals surface area contributed by atoms with Gasteiger partial charge in [-0.25, -0.2) is 0 Å². The number of rotatable bonds is 5. The average Bonchev–Trinajstić information content (AvgIpc) is 2.79. The van der Waals surface area contributed by atoms with E-state index in [0.717, 1.165) is 0 Å². The molecule has 2 aliphatic heterocycles. The predicted octanol–water partition coefficient (Wildman–Crippen LogP) is 0.194. The van der Waals surface area contributed by atoms with Crippen molar-refractivity contribution < 1.29 is 10.2 Å². The van der Waals surface area contributed by atoms with Gasteiger partial charge in [-0.15, -0.1) is 0 Å². The van der Waals surface area contributed by atoms with E-state index in [1.54, 1.807) is 0 Å². The van der Waals surface area contributed by atoms with Crippen molar-refractivity contribution in [2.24, 2.45) is 5.41 Å². The van der Waals surface area contributed by atoms with Crippen molar-refractivity contribution in [2.75, 3.05) is 32.8 Å². The second-order valence-electron chi connectivity index (χ2n) is 6.00. The normalized spacial score (nSPS) is 30.5. The van der Waals surface area contributed by atoms with E-state index >= 15 is 0 Å². The van der Waals surface area contributed by atoms with Gasteiger partial charge in [0.15, 0.2) is 0 Å². The summed E-state index contributed by atoms with van der Waals surface area (Å²) in [6.45, 7) is 5.16. The summed E-state index contributed by atoms with van der Waals surface area (Å²) < 4.78 is 0. The van der Waals surface area contributed by atoms with Gasteiger partial charge in [0, 0.05) is 30.6 Å². The van der Waals surface area contributed by atoms with Crippen LogP contribution in [-0.4, -0.2) is 60.0 Å². The summed E-state index contributed by atoms with van der Waals surface area (Å²) in [5.74, 6) is 0. The molecule has 0 saturated carbocycles. The van der Waals surface area contributed by atoms with Gasteiger partial charge in [-0.3, -0.25) is 4.90 Å². The molecule has 4 nitrogen and oxygen atoms in total. The minimum absolute atomic E-state index is 0.0393. The lowest BCUT2D eigenvalue weighted by molar-refractivity contribution is 0.0647. The number of nitrogens with zero attached hydrogens (tertiary/aromatic N) is 1. The van der Waals surface area contributed by atoms with Crippen LogP contribution in [0.15, 0.2) is 0 Å². The zero-order valence-electron chi connectivity index (χ0n) is 10.9. The summed E-state index contributed by atoms with van der Waals surface area (Å²) in [5.41, 5.74) is -0.387. The number of aliphatic hydroxyl groups excluding tert-OH is 2. The SMILES string of the molecule is CC(CO)(CO)CNC1CCN2CCCCC12. The zero-order chi connectivity index (χ0) is 12.3. The molecule has 100 valence electrons. The molecule has 0 amide bonds. The second-order valence-corrected chi connectivity index (χ2v) is 6.00. The van der Waals surface area contributed by atoms with Crippen LogP contribution >= 0.6 is 0 Å². The maximum Gasteiger partial charge on any atom is 0.0518 e. The van der Waals surface area contributed by atoms with Gasteiger partial charge in [-0.1, -0.05) is 13.3 Å². The number of piperidine rings is 1. The van der Waals surface area contributed by atoms with Crippen LogP contribution < -0.4 is 5.32 Å². The Morgan fingerprint density at radius 1 is 1.18 bits per heavy atom. The molecule has 2 fully saturated rings. The minimum atomic E-state index is -0.387. The Kier molecular flexibility index (Phi) is 4.42. The summed E-state index contributed by atoms with van der Waals surface area (Å²) in [7, 11) is 0. The first-order valence-corrected chi connectivity index (χ1v) is 6.88. The molecule has 0 bridgehead atoms. The molecular formula is C13H26N2O2. The first-order valence-electron chi connectivity index (χ1n) is 6.88. The molecule has 0 aromatic carbocycles. The van der Waals surface area contributed by atoms with Crippen molar-refractivity contribution in [3.63, 3.8) is 0 Å². The fourth-order valence-corrected chi connectivity index (χ4v) is 3.02. The molecular weight excluding hydrogens is 216 g/mol. The fourth-order valence-electron chi connectivity index (χ4n) is 3.02. The smallest absolute Gasteiger partial charge is 0.0518 e. The van der Waals surface area contributed by atoms with Crippen LogP contribution in [0.1, 0.15) is 32.6 Å². The van der Waals surface area contributed by atoms with Gasteiger partial charge in [0.2, 0.25) is 0 Å². The van der Waals surface area contributed by atoms with Gasteiger partial charge in [0.1, 0.15) is 0 Å². The highest BCUT2D eigenvalue weighted by Crippen LogP contribution is 2.27. The van der Waals surface area contributed by atoms with E-state index in [9.17, 15) is 10.2 Å². The summed E-state index contributed by atoms with van der Waals surface area (Å²) in [6.07, 6.45) is 5.19. The van der Waals surface area contributed by atoms with Crippen molar-refractivity contribution in [2.45, 2.75) is 44.7 Å². The summed E-state index contributed by atoms with van der Waals surface area (Å²) in [4.78, 5) is 2.59. The zero-order valence-corrected chi connectivity index (χ0v) is 10.9.